The van der Waals surface area contributed by atoms with E-state index >= 15 is 0 Å². The van der Waals surface area contributed by atoms with Crippen molar-refractivity contribution in [3.8, 4) is 5.95 Å². The highest BCUT2D eigenvalue weighted by atomic mass is 16.6. The summed E-state index contributed by atoms with van der Waals surface area (Å²) in [5.41, 5.74) is 0.986. The molecular weight excluding hydrogens is 338 g/mol. The molecule has 10 heteroatoms. The maximum atomic E-state index is 12.2. The molecule has 0 radical (unpaired) electrons. The first kappa shape index (κ1) is 15.4. The second kappa shape index (κ2) is 6.09. The van der Waals surface area contributed by atoms with Crippen LogP contribution in [-0.4, -0.2) is 29.4 Å². The molecule has 2 aromatic heterocycles. The van der Waals surface area contributed by atoms with Gasteiger partial charge in [0, 0.05) is 6.07 Å². The maximum absolute atomic E-state index is 12.2. The average molecular weight is 349 g/mol. The van der Waals surface area contributed by atoms with Crippen LogP contribution in [0.5, 0.6) is 0 Å². The molecule has 128 valence electrons. The Bertz CT molecular complexity index is 1180. The molecule has 4 rings (SSSR count). The van der Waals surface area contributed by atoms with Gasteiger partial charge in [-0.2, -0.15) is 4.98 Å². The highest BCUT2D eigenvalue weighted by Gasteiger charge is 2.15. The normalized spacial score (nSPS) is 10.8. The Morgan fingerprint density at radius 3 is 2.69 bits per heavy atom. The molecule has 0 bridgehead atoms. The summed E-state index contributed by atoms with van der Waals surface area (Å²) in [5, 5.41) is 13.9. The number of aromatic nitrogens is 5. The summed E-state index contributed by atoms with van der Waals surface area (Å²) < 4.78 is 1.31. The topological polar surface area (TPSA) is 132 Å². The number of para-hydroxylation sites is 4. The number of H-pyrrole nitrogens is 1. The smallest absolute Gasteiger partial charge is 0.318 e. The van der Waals surface area contributed by atoms with Gasteiger partial charge in [0.2, 0.25) is 11.9 Å². The molecule has 0 saturated heterocycles. The zero-order chi connectivity index (χ0) is 18.1. The minimum Gasteiger partial charge on any atom is -0.318 e. The fraction of sp³-hybridized carbons (Fsp3) is 0. The van der Waals surface area contributed by atoms with Crippen molar-refractivity contribution in [1.29, 1.82) is 0 Å². The summed E-state index contributed by atoms with van der Waals surface area (Å²) in [6.07, 6.45) is 1.23. The van der Waals surface area contributed by atoms with E-state index in [1.807, 2.05) is 0 Å². The molecule has 0 saturated carbocycles. The van der Waals surface area contributed by atoms with Crippen LogP contribution in [-0.2, 0) is 0 Å². The lowest BCUT2D eigenvalue weighted by atomic mass is 10.3. The SMILES string of the molecule is O=c1[nH]c2ccccc2n1-c1ncnc(Nc2ccccc2[N+](=O)[O-])n1. The van der Waals surface area contributed by atoms with Gasteiger partial charge in [-0.05, 0) is 18.2 Å². The van der Waals surface area contributed by atoms with Crippen LogP contribution in [0.3, 0.4) is 0 Å². The van der Waals surface area contributed by atoms with Crippen molar-refractivity contribution in [2.24, 2.45) is 0 Å². The van der Waals surface area contributed by atoms with Crippen molar-refractivity contribution in [1.82, 2.24) is 24.5 Å². The van der Waals surface area contributed by atoms with E-state index in [2.05, 4.69) is 25.3 Å². The molecule has 0 atom stereocenters. The molecule has 0 spiro atoms. The summed E-state index contributed by atoms with van der Waals surface area (Å²) in [6, 6.07) is 13.2. The Kier molecular flexibility index (Phi) is 3.62. The van der Waals surface area contributed by atoms with Crippen LogP contribution >= 0.6 is 0 Å². The lowest BCUT2D eigenvalue weighted by Gasteiger charge is -2.06. The maximum Gasteiger partial charge on any atom is 0.333 e. The average Bonchev–Trinajstić information content (AvgIpc) is 2.98. The van der Waals surface area contributed by atoms with Crippen LogP contribution in [0.4, 0.5) is 17.3 Å². The van der Waals surface area contributed by atoms with Crippen LogP contribution < -0.4 is 11.0 Å². The van der Waals surface area contributed by atoms with E-state index in [0.717, 1.165) is 0 Å². The number of anilines is 2. The molecule has 4 aromatic rings. The van der Waals surface area contributed by atoms with E-state index in [1.54, 1.807) is 42.5 Å². The number of nitro groups is 1. The molecule has 2 heterocycles. The van der Waals surface area contributed by atoms with E-state index in [0.29, 0.717) is 11.0 Å². The van der Waals surface area contributed by atoms with E-state index < -0.39 is 10.6 Å². The Hall–Kier alpha value is -4.08. The van der Waals surface area contributed by atoms with Crippen LogP contribution in [0.15, 0.2) is 59.7 Å². The third-order valence-electron chi connectivity index (χ3n) is 3.70. The van der Waals surface area contributed by atoms with Crippen molar-refractivity contribution < 1.29 is 4.92 Å². The summed E-state index contributed by atoms with van der Waals surface area (Å²) in [4.78, 5) is 37.8. The quantitative estimate of drug-likeness (QED) is 0.426. The van der Waals surface area contributed by atoms with Crippen molar-refractivity contribution in [2.75, 3.05) is 5.32 Å². The zero-order valence-electron chi connectivity index (χ0n) is 13.2. The Balaban J connectivity index is 1.77. The summed E-state index contributed by atoms with van der Waals surface area (Å²) >= 11 is 0. The van der Waals surface area contributed by atoms with Crippen molar-refractivity contribution >= 4 is 28.4 Å². The zero-order valence-corrected chi connectivity index (χ0v) is 13.2. The Morgan fingerprint density at radius 1 is 1.08 bits per heavy atom. The highest BCUT2D eigenvalue weighted by Crippen LogP contribution is 2.25. The van der Waals surface area contributed by atoms with Gasteiger partial charge >= 0.3 is 5.69 Å². The molecule has 2 N–H and O–H groups in total. The Morgan fingerprint density at radius 2 is 1.85 bits per heavy atom. The minimum absolute atomic E-state index is 0.0847. The number of aromatic amines is 1. The predicted octanol–water partition coefficient (Wildman–Crippen LogP) is 2.16. The molecule has 0 fully saturated rings. The van der Waals surface area contributed by atoms with Crippen LogP contribution in [0.25, 0.3) is 17.0 Å². The van der Waals surface area contributed by atoms with Crippen LogP contribution in [0.1, 0.15) is 0 Å². The van der Waals surface area contributed by atoms with Gasteiger partial charge in [0.15, 0.2) is 0 Å². The lowest BCUT2D eigenvalue weighted by Crippen LogP contribution is -2.18. The lowest BCUT2D eigenvalue weighted by molar-refractivity contribution is -0.383. The standard InChI is InChI=1S/C16H11N7O3/c24-16-20-10-5-1-3-7-12(10)22(16)15-18-9-17-14(21-15)19-11-6-2-4-8-13(11)23(25)26/h1-9H,(H,20,24)(H,17,18,19,21). The molecule has 0 unspecified atom stereocenters. The molecular formula is C16H11N7O3. The molecule has 26 heavy (non-hydrogen) atoms. The van der Waals surface area contributed by atoms with Crippen LogP contribution in [0.2, 0.25) is 0 Å². The number of nitrogens with zero attached hydrogens (tertiary/aromatic N) is 5. The van der Waals surface area contributed by atoms with Gasteiger partial charge in [-0.15, -0.1) is 0 Å². The number of benzene rings is 2. The number of nitro benzene ring substituents is 1. The fourth-order valence-corrected chi connectivity index (χ4v) is 2.57. The summed E-state index contributed by atoms with van der Waals surface area (Å²) in [7, 11) is 0. The molecule has 2 aromatic carbocycles. The molecule has 0 amide bonds. The van der Waals surface area contributed by atoms with Crippen molar-refractivity contribution in [2.45, 2.75) is 0 Å². The molecule has 0 aliphatic rings. The summed E-state index contributed by atoms with van der Waals surface area (Å²) in [6.45, 7) is 0. The first-order valence-corrected chi connectivity index (χ1v) is 7.53. The number of hydrogen-bond acceptors (Lipinski definition) is 7. The van der Waals surface area contributed by atoms with E-state index in [1.165, 1.54) is 17.0 Å². The number of nitrogens with one attached hydrogen (secondary N) is 2. The first-order valence-electron chi connectivity index (χ1n) is 7.53. The first-order chi connectivity index (χ1) is 12.6. The van der Waals surface area contributed by atoms with Gasteiger partial charge in [-0.1, -0.05) is 24.3 Å². The number of fused-ring (bicyclic) bond motifs is 1. The van der Waals surface area contributed by atoms with Gasteiger partial charge in [-0.3, -0.25) is 10.1 Å². The number of hydrogen-bond donors (Lipinski definition) is 2. The van der Waals surface area contributed by atoms with Crippen LogP contribution in [0, 0.1) is 10.1 Å². The largest absolute Gasteiger partial charge is 0.333 e. The van der Waals surface area contributed by atoms with E-state index in [-0.39, 0.29) is 23.3 Å². The van der Waals surface area contributed by atoms with E-state index in [4.69, 9.17) is 0 Å². The fourth-order valence-electron chi connectivity index (χ4n) is 2.57. The van der Waals surface area contributed by atoms with Crippen molar-refractivity contribution in [3.63, 3.8) is 0 Å². The third kappa shape index (κ3) is 2.65. The number of rotatable bonds is 4. The second-order valence-electron chi connectivity index (χ2n) is 5.29. The van der Waals surface area contributed by atoms with Gasteiger partial charge in [-0.25, -0.2) is 19.3 Å². The van der Waals surface area contributed by atoms with E-state index in [9.17, 15) is 14.9 Å². The molecule has 0 aliphatic carbocycles. The van der Waals surface area contributed by atoms with Gasteiger partial charge in [0.05, 0.1) is 16.0 Å². The molecule has 0 aliphatic heterocycles. The highest BCUT2D eigenvalue weighted by molar-refractivity contribution is 5.76. The second-order valence-corrected chi connectivity index (χ2v) is 5.29. The minimum atomic E-state index is -0.505. The monoisotopic (exact) mass is 349 g/mol. The Labute approximate surface area is 145 Å². The van der Waals surface area contributed by atoms with Gasteiger partial charge in [0.1, 0.15) is 12.0 Å². The third-order valence-corrected chi connectivity index (χ3v) is 3.70. The molecule has 10 nitrogen and oxygen atoms in total. The van der Waals surface area contributed by atoms with Gasteiger partial charge in [0.25, 0.3) is 5.69 Å². The predicted molar refractivity (Wildman–Crippen MR) is 93.7 cm³/mol. The van der Waals surface area contributed by atoms with Gasteiger partial charge < -0.3 is 10.3 Å². The number of imidazole rings is 1. The van der Waals surface area contributed by atoms with Crippen molar-refractivity contribution in [3.05, 3.63) is 75.5 Å². The summed E-state index contributed by atoms with van der Waals surface area (Å²) in [5.74, 6) is 0.185.